The van der Waals surface area contributed by atoms with Crippen molar-refractivity contribution in [2.45, 2.75) is 19.3 Å². The van der Waals surface area contributed by atoms with Crippen LogP contribution >= 0.6 is 0 Å². The maximum absolute atomic E-state index is 12.9. The van der Waals surface area contributed by atoms with Gasteiger partial charge in [0, 0.05) is 19.2 Å². The number of nitrogens with zero attached hydrogens (tertiary/aromatic N) is 2. The third-order valence-electron chi connectivity index (χ3n) is 6.11. The number of carbonyl (C=O) groups is 1. The quantitative estimate of drug-likeness (QED) is 0.561. The Morgan fingerprint density at radius 2 is 1.85 bits per heavy atom. The molecule has 33 heavy (non-hydrogen) atoms. The van der Waals surface area contributed by atoms with Gasteiger partial charge in [-0.2, -0.15) is 4.98 Å². The largest absolute Gasteiger partial charge is 0.493 e. The van der Waals surface area contributed by atoms with E-state index in [0.29, 0.717) is 39.8 Å². The molecule has 1 fully saturated rings. The molecule has 0 amide bonds. The monoisotopic (exact) mass is 453 g/mol. The zero-order valence-electron chi connectivity index (χ0n) is 18.9. The number of hydrogen-bond acceptors (Lipinski definition) is 7. The molecule has 0 unspecified atom stereocenters. The summed E-state index contributed by atoms with van der Waals surface area (Å²) in [5.74, 6) is 1.12. The number of ether oxygens (including phenoxy) is 3. The Morgan fingerprint density at radius 1 is 1.12 bits per heavy atom. The van der Waals surface area contributed by atoms with E-state index in [1.807, 2.05) is 6.07 Å². The van der Waals surface area contributed by atoms with Gasteiger partial charge in [-0.15, -0.1) is 0 Å². The molecule has 1 aliphatic rings. The van der Waals surface area contributed by atoms with Gasteiger partial charge in [-0.25, -0.2) is 4.79 Å². The van der Waals surface area contributed by atoms with Gasteiger partial charge < -0.3 is 29.2 Å². The first-order valence-electron chi connectivity index (χ1n) is 10.7. The van der Waals surface area contributed by atoms with Gasteiger partial charge >= 0.3 is 5.97 Å². The molecule has 1 saturated heterocycles. The molecule has 0 spiro atoms. The zero-order valence-corrected chi connectivity index (χ0v) is 18.9. The minimum Gasteiger partial charge on any atom is -0.493 e. The number of methoxy groups -OCH3 is 3. The molecule has 0 bridgehead atoms. The van der Waals surface area contributed by atoms with Gasteiger partial charge in [0.2, 0.25) is 11.7 Å². The van der Waals surface area contributed by atoms with Crippen LogP contribution in [-0.4, -0.2) is 55.5 Å². The summed E-state index contributed by atoms with van der Waals surface area (Å²) in [5.41, 5.74) is 1.50. The number of nitrogens with one attached hydrogen (secondary N) is 1. The van der Waals surface area contributed by atoms with E-state index in [4.69, 9.17) is 14.2 Å². The topological polar surface area (TPSA) is 114 Å². The molecule has 2 heterocycles. The summed E-state index contributed by atoms with van der Waals surface area (Å²) in [4.78, 5) is 33.7. The molecule has 2 aromatic carbocycles. The minimum atomic E-state index is -0.913. The summed E-state index contributed by atoms with van der Waals surface area (Å²) in [5, 5.41) is 9.52. The summed E-state index contributed by atoms with van der Waals surface area (Å²) in [6.45, 7) is 1.48. The fraction of sp³-hybridized carbons (Fsp3) is 0.375. The van der Waals surface area contributed by atoms with Gasteiger partial charge in [0.1, 0.15) is 5.39 Å². The number of piperidine rings is 1. The third kappa shape index (κ3) is 4.44. The highest BCUT2D eigenvalue weighted by Gasteiger charge is 2.24. The van der Waals surface area contributed by atoms with Gasteiger partial charge in [0.05, 0.1) is 32.4 Å². The summed E-state index contributed by atoms with van der Waals surface area (Å²) >= 11 is 0. The smallest absolute Gasteiger partial charge is 0.335 e. The van der Waals surface area contributed by atoms with Crippen molar-refractivity contribution in [3.05, 3.63) is 51.8 Å². The van der Waals surface area contributed by atoms with Crippen LogP contribution in [0.15, 0.2) is 35.1 Å². The molecule has 9 nitrogen and oxygen atoms in total. The average Bonchev–Trinajstić information content (AvgIpc) is 2.83. The minimum absolute atomic E-state index is 0.287. The number of aromatic amines is 1. The lowest BCUT2D eigenvalue weighted by atomic mass is 9.90. The van der Waals surface area contributed by atoms with Crippen LogP contribution in [0.1, 0.15) is 28.8 Å². The van der Waals surface area contributed by atoms with Crippen molar-refractivity contribution >= 4 is 22.8 Å². The molecule has 9 heteroatoms. The lowest BCUT2D eigenvalue weighted by molar-refractivity contribution is 0.0696. The van der Waals surface area contributed by atoms with Gasteiger partial charge in [-0.1, -0.05) is 12.1 Å². The Kier molecular flexibility index (Phi) is 6.39. The van der Waals surface area contributed by atoms with Crippen molar-refractivity contribution in [1.82, 2.24) is 9.97 Å². The van der Waals surface area contributed by atoms with E-state index in [0.717, 1.165) is 37.9 Å². The molecule has 1 aromatic heterocycles. The molecule has 0 saturated carbocycles. The van der Waals surface area contributed by atoms with E-state index in [1.54, 1.807) is 24.3 Å². The van der Waals surface area contributed by atoms with Crippen LogP contribution in [-0.2, 0) is 6.42 Å². The van der Waals surface area contributed by atoms with Crippen molar-refractivity contribution in [2.75, 3.05) is 39.3 Å². The molecular formula is C24H27N3O6. The highest BCUT2D eigenvalue weighted by molar-refractivity contribution is 5.90. The van der Waals surface area contributed by atoms with Crippen molar-refractivity contribution in [1.29, 1.82) is 0 Å². The van der Waals surface area contributed by atoms with E-state index in [2.05, 4.69) is 14.9 Å². The highest BCUT2D eigenvalue weighted by Crippen LogP contribution is 2.41. The van der Waals surface area contributed by atoms with Crippen LogP contribution in [0.5, 0.6) is 17.2 Å². The number of benzene rings is 2. The second kappa shape index (κ2) is 9.40. The second-order valence-corrected chi connectivity index (χ2v) is 8.07. The predicted octanol–water partition coefficient (Wildman–Crippen LogP) is 3.11. The number of H-pyrrole nitrogens is 1. The third-order valence-corrected chi connectivity index (χ3v) is 6.11. The number of carboxylic acid groups (broad SMARTS) is 1. The van der Waals surface area contributed by atoms with Crippen LogP contribution in [0.4, 0.5) is 5.95 Å². The van der Waals surface area contributed by atoms with Crippen molar-refractivity contribution in [3.8, 4) is 17.2 Å². The molecule has 2 N–H and O–H groups in total. The van der Waals surface area contributed by atoms with E-state index in [-0.39, 0.29) is 5.75 Å². The number of aromatic carboxylic acids is 1. The number of rotatable bonds is 7. The average molecular weight is 453 g/mol. The Balaban J connectivity index is 1.54. The molecule has 174 valence electrons. The zero-order chi connectivity index (χ0) is 23.5. The maximum Gasteiger partial charge on any atom is 0.335 e. The molecule has 0 aliphatic carbocycles. The van der Waals surface area contributed by atoms with Crippen LogP contribution in [0, 0.1) is 5.92 Å². The Morgan fingerprint density at radius 3 is 2.48 bits per heavy atom. The molecule has 1 aliphatic heterocycles. The van der Waals surface area contributed by atoms with Gasteiger partial charge in [-0.3, -0.25) is 4.79 Å². The summed E-state index contributed by atoms with van der Waals surface area (Å²) in [6.07, 6.45) is 2.65. The van der Waals surface area contributed by atoms with E-state index >= 15 is 0 Å². The fourth-order valence-corrected chi connectivity index (χ4v) is 4.43. The first-order chi connectivity index (χ1) is 15.9. The first-order valence-corrected chi connectivity index (χ1v) is 10.7. The normalized spacial score (nSPS) is 14.3. The number of carboxylic acids is 1. The molecule has 4 rings (SSSR count). The van der Waals surface area contributed by atoms with Gasteiger partial charge in [0.25, 0.3) is 5.56 Å². The maximum atomic E-state index is 12.9. The van der Waals surface area contributed by atoms with E-state index in [9.17, 15) is 14.7 Å². The van der Waals surface area contributed by atoms with Crippen LogP contribution in [0.3, 0.4) is 0 Å². The number of anilines is 1. The highest BCUT2D eigenvalue weighted by atomic mass is 16.5. The van der Waals surface area contributed by atoms with Crippen molar-refractivity contribution in [3.63, 3.8) is 0 Å². The summed E-state index contributed by atoms with van der Waals surface area (Å²) in [7, 11) is 4.49. The lowest BCUT2D eigenvalue weighted by Gasteiger charge is -2.32. The lowest BCUT2D eigenvalue weighted by Crippen LogP contribution is -2.36. The molecule has 3 aromatic rings. The van der Waals surface area contributed by atoms with Crippen LogP contribution < -0.4 is 24.7 Å². The van der Waals surface area contributed by atoms with Crippen LogP contribution in [0.25, 0.3) is 10.9 Å². The molecule has 0 radical (unpaired) electrons. The number of hydrogen-bond donors (Lipinski definition) is 2. The Hall–Kier alpha value is -3.75. The predicted molar refractivity (Wildman–Crippen MR) is 124 cm³/mol. The standard InChI is InChI=1S/C24H27N3O6/c1-31-18-13-17-19(21(33-3)20(18)32-2)22(28)26-24(25-17)27-9-7-14(8-10-27)11-15-5-4-6-16(12-15)23(29)30/h4-6,12-14H,7-11H2,1-3H3,(H,29,30)(H,25,26,28). The van der Waals surface area contributed by atoms with Crippen molar-refractivity contribution in [2.24, 2.45) is 5.92 Å². The molecular weight excluding hydrogens is 426 g/mol. The van der Waals surface area contributed by atoms with E-state index in [1.165, 1.54) is 21.3 Å². The summed E-state index contributed by atoms with van der Waals surface area (Å²) in [6, 6.07) is 8.82. The van der Waals surface area contributed by atoms with Crippen molar-refractivity contribution < 1.29 is 24.1 Å². The number of fused-ring (bicyclic) bond motifs is 1. The second-order valence-electron chi connectivity index (χ2n) is 8.07. The first kappa shape index (κ1) is 22.4. The Labute approximate surface area is 190 Å². The number of aromatic nitrogens is 2. The fourth-order valence-electron chi connectivity index (χ4n) is 4.43. The SMILES string of the molecule is COc1cc2[nH]c(N3CCC(Cc4cccc(C(=O)O)c4)CC3)nc(=O)c2c(OC)c1OC. The summed E-state index contributed by atoms with van der Waals surface area (Å²) < 4.78 is 16.2. The van der Waals surface area contributed by atoms with E-state index < -0.39 is 11.5 Å². The van der Waals surface area contributed by atoms with Gasteiger partial charge in [0.15, 0.2) is 11.5 Å². The van der Waals surface area contributed by atoms with Crippen LogP contribution in [0.2, 0.25) is 0 Å². The molecule has 0 atom stereocenters. The van der Waals surface area contributed by atoms with Gasteiger partial charge in [-0.05, 0) is 42.9 Å². The Bertz CT molecular complexity index is 1230.